The molecule has 0 aliphatic rings. The summed E-state index contributed by atoms with van der Waals surface area (Å²) in [6, 6.07) is 4.01. The Morgan fingerprint density at radius 1 is 1.06 bits per heavy atom. The van der Waals surface area contributed by atoms with Gasteiger partial charge in [-0.2, -0.15) is 0 Å². The molecule has 2 aromatic rings. The van der Waals surface area contributed by atoms with Crippen molar-refractivity contribution >= 4 is 5.95 Å². The van der Waals surface area contributed by atoms with Crippen LogP contribution >= 0.6 is 0 Å². The van der Waals surface area contributed by atoms with Gasteiger partial charge in [-0.15, -0.1) is 0 Å². The van der Waals surface area contributed by atoms with Crippen molar-refractivity contribution in [2.45, 2.75) is 19.8 Å². The molecule has 2 aromatic heterocycles. The summed E-state index contributed by atoms with van der Waals surface area (Å²) in [4.78, 5) is 12.5. The number of hydrogen-bond donors (Lipinski definition) is 1. The van der Waals surface area contributed by atoms with E-state index in [4.69, 9.17) is 0 Å². The molecule has 0 saturated carbocycles. The van der Waals surface area contributed by atoms with Crippen LogP contribution in [-0.2, 0) is 6.42 Å². The molecule has 0 aromatic carbocycles. The number of rotatable bonds is 5. The van der Waals surface area contributed by atoms with E-state index >= 15 is 0 Å². The zero-order chi connectivity index (χ0) is 11.9. The lowest BCUT2D eigenvalue weighted by Crippen LogP contribution is -2.04. The highest BCUT2D eigenvalue weighted by molar-refractivity contribution is 5.27. The maximum absolute atomic E-state index is 4.27. The molecule has 4 nitrogen and oxygen atoms in total. The van der Waals surface area contributed by atoms with Gasteiger partial charge in [-0.1, -0.05) is 6.92 Å². The van der Waals surface area contributed by atoms with Crippen molar-refractivity contribution in [2.24, 2.45) is 0 Å². The van der Waals surface area contributed by atoms with Crippen LogP contribution < -0.4 is 5.32 Å². The lowest BCUT2D eigenvalue weighted by Gasteiger charge is -2.04. The predicted molar refractivity (Wildman–Crippen MR) is 67.9 cm³/mol. The molecule has 0 unspecified atom stereocenters. The lowest BCUT2D eigenvalue weighted by molar-refractivity contribution is 0.946. The Bertz CT molecular complexity index is 439. The molecule has 0 saturated heterocycles. The van der Waals surface area contributed by atoms with E-state index in [2.05, 4.69) is 27.2 Å². The van der Waals surface area contributed by atoms with Crippen molar-refractivity contribution in [3.63, 3.8) is 0 Å². The lowest BCUT2D eigenvalue weighted by atomic mass is 10.1. The zero-order valence-corrected chi connectivity index (χ0v) is 9.93. The van der Waals surface area contributed by atoms with E-state index in [-0.39, 0.29) is 0 Å². The summed E-state index contributed by atoms with van der Waals surface area (Å²) < 4.78 is 0. The van der Waals surface area contributed by atoms with E-state index in [0.717, 1.165) is 24.9 Å². The van der Waals surface area contributed by atoms with Crippen LogP contribution in [0, 0.1) is 0 Å². The third kappa shape index (κ3) is 3.52. The van der Waals surface area contributed by atoms with Gasteiger partial charge in [-0.05, 0) is 29.7 Å². The Balaban J connectivity index is 1.98. The van der Waals surface area contributed by atoms with Crippen LogP contribution in [-0.4, -0.2) is 21.5 Å². The third-order valence-corrected chi connectivity index (χ3v) is 2.40. The third-order valence-electron chi connectivity index (χ3n) is 2.40. The van der Waals surface area contributed by atoms with Crippen LogP contribution in [0.1, 0.15) is 24.5 Å². The molecular weight excluding hydrogens is 212 g/mol. The van der Waals surface area contributed by atoms with E-state index in [1.54, 1.807) is 12.4 Å². The first-order chi connectivity index (χ1) is 8.38. The Hall–Kier alpha value is -1.97. The normalized spacial score (nSPS) is 10.2. The van der Waals surface area contributed by atoms with E-state index in [0.29, 0.717) is 5.95 Å². The van der Waals surface area contributed by atoms with Crippen LogP contribution in [0.2, 0.25) is 0 Å². The van der Waals surface area contributed by atoms with Crippen molar-refractivity contribution in [3.05, 3.63) is 48.0 Å². The van der Waals surface area contributed by atoms with E-state index in [1.807, 2.05) is 24.5 Å². The fourth-order valence-corrected chi connectivity index (χ4v) is 1.51. The topological polar surface area (TPSA) is 50.7 Å². The number of aromatic nitrogens is 3. The Morgan fingerprint density at radius 2 is 1.76 bits per heavy atom. The van der Waals surface area contributed by atoms with Gasteiger partial charge >= 0.3 is 0 Å². The molecule has 2 heterocycles. The number of hydrogen-bond acceptors (Lipinski definition) is 4. The Labute approximate surface area is 101 Å². The highest BCUT2D eigenvalue weighted by Gasteiger charge is 1.98. The maximum Gasteiger partial charge on any atom is 0.222 e. The van der Waals surface area contributed by atoms with E-state index < -0.39 is 0 Å². The smallest absolute Gasteiger partial charge is 0.222 e. The van der Waals surface area contributed by atoms with Gasteiger partial charge in [0.2, 0.25) is 5.95 Å². The van der Waals surface area contributed by atoms with Crippen LogP contribution in [0.5, 0.6) is 0 Å². The second-order valence-electron chi connectivity index (χ2n) is 3.87. The summed E-state index contributed by atoms with van der Waals surface area (Å²) in [5.41, 5.74) is 2.33. The van der Waals surface area contributed by atoms with E-state index in [9.17, 15) is 0 Å². The molecule has 2 rings (SSSR count). The molecule has 0 bridgehead atoms. The van der Waals surface area contributed by atoms with Gasteiger partial charge in [0, 0.05) is 37.8 Å². The van der Waals surface area contributed by atoms with Gasteiger partial charge in [0.25, 0.3) is 0 Å². The van der Waals surface area contributed by atoms with Crippen LogP contribution in [0.25, 0.3) is 0 Å². The molecule has 1 N–H and O–H groups in total. The first kappa shape index (κ1) is 11.5. The van der Waals surface area contributed by atoms with Crippen molar-refractivity contribution in [1.82, 2.24) is 15.0 Å². The highest BCUT2D eigenvalue weighted by atomic mass is 15.1. The SMILES string of the molecule is CCCNc1ncc(Cc2ccncc2)cn1. The first-order valence-corrected chi connectivity index (χ1v) is 5.82. The first-order valence-electron chi connectivity index (χ1n) is 5.82. The molecule has 88 valence electrons. The minimum Gasteiger partial charge on any atom is -0.354 e. The minimum atomic E-state index is 0.699. The summed E-state index contributed by atoms with van der Waals surface area (Å²) in [7, 11) is 0. The van der Waals surface area contributed by atoms with Crippen LogP contribution in [0.15, 0.2) is 36.9 Å². The minimum absolute atomic E-state index is 0.699. The molecule has 0 fully saturated rings. The van der Waals surface area contributed by atoms with Crippen molar-refractivity contribution in [1.29, 1.82) is 0 Å². The van der Waals surface area contributed by atoms with Crippen molar-refractivity contribution < 1.29 is 0 Å². The largest absolute Gasteiger partial charge is 0.354 e. The van der Waals surface area contributed by atoms with Crippen molar-refractivity contribution in [2.75, 3.05) is 11.9 Å². The number of pyridine rings is 1. The molecule has 0 spiro atoms. The molecular formula is C13H16N4. The van der Waals surface area contributed by atoms with Gasteiger partial charge in [0.15, 0.2) is 0 Å². The summed E-state index contributed by atoms with van der Waals surface area (Å²) in [5.74, 6) is 0.699. The molecule has 4 heteroatoms. The number of anilines is 1. The molecule has 0 atom stereocenters. The summed E-state index contributed by atoms with van der Waals surface area (Å²) in [6.07, 6.45) is 9.25. The predicted octanol–water partition coefficient (Wildman–Crippen LogP) is 2.28. The zero-order valence-electron chi connectivity index (χ0n) is 9.93. The molecule has 0 radical (unpaired) electrons. The second-order valence-corrected chi connectivity index (χ2v) is 3.87. The van der Waals surface area contributed by atoms with Crippen LogP contribution in [0.4, 0.5) is 5.95 Å². The molecule has 0 aliphatic carbocycles. The molecule has 0 aliphatic heterocycles. The number of nitrogens with one attached hydrogen (secondary N) is 1. The van der Waals surface area contributed by atoms with Crippen molar-refractivity contribution in [3.8, 4) is 0 Å². The van der Waals surface area contributed by atoms with Gasteiger partial charge in [-0.3, -0.25) is 4.98 Å². The Morgan fingerprint density at radius 3 is 2.41 bits per heavy atom. The monoisotopic (exact) mass is 228 g/mol. The summed E-state index contributed by atoms with van der Waals surface area (Å²) >= 11 is 0. The van der Waals surface area contributed by atoms with Gasteiger partial charge in [0.1, 0.15) is 0 Å². The average molecular weight is 228 g/mol. The van der Waals surface area contributed by atoms with E-state index in [1.165, 1.54) is 5.56 Å². The number of nitrogens with zero attached hydrogens (tertiary/aromatic N) is 3. The summed E-state index contributed by atoms with van der Waals surface area (Å²) in [6.45, 7) is 3.02. The average Bonchev–Trinajstić information content (AvgIpc) is 2.39. The standard InChI is InChI=1S/C13H16N4/c1-2-5-15-13-16-9-12(10-17-13)8-11-3-6-14-7-4-11/h3-4,6-7,9-10H,2,5,8H2,1H3,(H,15,16,17). The fraction of sp³-hybridized carbons (Fsp3) is 0.308. The van der Waals surface area contributed by atoms with Gasteiger partial charge in [-0.25, -0.2) is 9.97 Å². The molecule has 17 heavy (non-hydrogen) atoms. The molecule has 0 amide bonds. The summed E-state index contributed by atoms with van der Waals surface area (Å²) in [5, 5.41) is 3.15. The van der Waals surface area contributed by atoms with Crippen LogP contribution in [0.3, 0.4) is 0 Å². The Kier molecular flexibility index (Phi) is 4.02. The fourth-order valence-electron chi connectivity index (χ4n) is 1.51. The van der Waals surface area contributed by atoms with Gasteiger partial charge in [0.05, 0.1) is 0 Å². The highest BCUT2D eigenvalue weighted by Crippen LogP contribution is 2.07. The maximum atomic E-state index is 4.27. The van der Waals surface area contributed by atoms with Gasteiger partial charge < -0.3 is 5.32 Å². The quantitative estimate of drug-likeness (QED) is 0.853. The second kappa shape index (κ2) is 5.94.